The van der Waals surface area contributed by atoms with Crippen molar-refractivity contribution in [2.75, 3.05) is 4.90 Å². The van der Waals surface area contributed by atoms with Crippen molar-refractivity contribution in [2.24, 2.45) is 5.92 Å². The first-order valence-corrected chi connectivity index (χ1v) is 12.8. The van der Waals surface area contributed by atoms with Crippen LogP contribution < -0.4 is 10.3 Å². The molecule has 1 amide bonds. The normalized spacial score (nSPS) is 15.6. The summed E-state index contributed by atoms with van der Waals surface area (Å²) in [4.78, 5) is 29.2. The van der Waals surface area contributed by atoms with Gasteiger partial charge >= 0.3 is 0 Å². The maximum Gasteiger partial charge on any atom is 0.297 e. The minimum absolute atomic E-state index is 0.0873. The smallest absolute Gasteiger partial charge is 0.297 e. The highest BCUT2D eigenvalue weighted by atomic mass is 32.1. The third-order valence-electron chi connectivity index (χ3n) is 6.65. The number of amides is 1. The van der Waals surface area contributed by atoms with E-state index in [9.17, 15) is 9.59 Å². The second-order valence-corrected chi connectivity index (χ2v) is 11.1. The van der Waals surface area contributed by atoms with Crippen molar-refractivity contribution in [3.05, 3.63) is 85.2 Å². The third kappa shape index (κ3) is 3.97. The van der Waals surface area contributed by atoms with Crippen LogP contribution in [0.3, 0.4) is 0 Å². The fraction of sp³-hybridized carbons (Fsp3) is 0.357. The van der Waals surface area contributed by atoms with E-state index in [1.807, 2.05) is 38.1 Å². The molecule has 0 unspecified atom stereocenters. The number of fused-ring (bicyclic) bond motifs is 2. The number of anilines is 1. The molecule has 4 aromatic rings. The number of aromatic nitrogens is 2. The summed E-state index contributed by atoms with van der Waals surface area (Å²) in [6.45, 7) is 12.5. The number of aryl methyl sites for hydroxylation is 2. The largest absolute Gasteiger partial charge is 0.450 e. The van der Waals surface area contributed by atoms with Gasteiger partial charge in [-0.1, -0.05) is 63.3 Å². The van der Waals surface area contributed by atoms with Crippen molar-refractivity contribution >= 4 is 33.3 Å². The summed E-state index contributed by atoms with van der Waals surface area (Å²) >= 11 is 1.39. The van der Waals surface area contributed by atoms with E-state index in [1.165, 1.54) is 16.9 Å². The second kappa shape index (κ2) is 8.72. The van der Waals surface area contributed by atoms with E-state index in [1.54, 1.807) is 4.90 Å². The number of nitrogens with zero attached hydrogens (tertiary/aromatic N) is 3. The molecule has 0 saturated heterocycles. The van der Waals surface area contributed by atoms with Crippen molar-refractivity contribution in [3.63, 3.8) is 0 Å². The lowest BCUT2D eigenvalue weighted by Crippen LogP contribution is -2.29. The molecular weight excluding hydrogens is 458 g/mol. The van der Waals surface area contributed by atoms with Crippen LogP contribution >= 0.6 is 11.3 Å². The van der Waals surface area contributed by atoms with Gasteiger partial charge in [0, 0.05) is 6.42 Å². The summed E-state index contributed by atoms with van der Waals surface area (Å²) in [6, 6.07) is 11.2. The van der Waals surface area contributed by atoms with Crippen LogP contribution in [0.25, 0.3) is 11.0 Å². The fourth-order valence-electron chi connectivity index (χ4n) is 4.58. The van der Waals surface area contributed by atoms with Crippen molar-refractivity contribution in [3.8, 4) is 0 Å². The van der Waals surface area contributed by atoms with Gasteiger partial charge in [0.2, 0.25) is 10.9 Å². The molecule has 0 radical (unpaired) electrons. The zero-order chi connectivity index (χ0) is 25.0. The summed E-state index contributed by atoms with van der Waals surface area (Å²) in [5, 5.41) is 10.5. The first-order chi connectivity index (χ1) is 16.7. The lowest BCUT2D eigenvalue weighted by molar-refractivity contribution is 0.0970. The Kier molecular flexibility index (Phi) is 5.83. The number of benzene rings is 2. The van der Waals surface area contributed by atoms with E-state index in [2.05, 4.69) is 50.0 Å². The van der Waals surface area contributed by atoms with Gasteiger partial charge in [-0.2, -0.15) is 0 Å². The van der Waals surface area contributed by atoms with Crippen LogP contribution in [0.5, 0.6) is 0 Å². The van der Waals surface area contributed by atoms with Crippen LogP contribution in [0.4, 0.5) is 5.13 Å². The summed E-state index contributed by atoms with van der Waals surface area (Å²) in [5.41, 5.74) is 4.67. The number of hydrogen-bond acceptors (Lipinski definition) is 6. The molecule has 1 aliphatic heterocycles. The van der Waals surface area contributed by atoms with Gasteiger partial charge in [-0.15, -0.1) is 10.2 Å². The van der Waals surface area contributed by atoms with Crippen molar-refractivity contribution in [1.29, 1.82) is 0 Å². The summed E-state index contributed by atoms with van der Waals surface area (Å²) in [5.74, 6) is 0.521. The summed E-state index contributed by atoms with van der Waals surface area (Å²) < 4.78 is 6.14. The summed E-state index contributed by atoms with van der Waals surface area (Å²) in [7, 11) is 0. The van der Waals surface area contributed by atoms with Gasteiger partial charge in [-0.25, -0.2) is 0 Å². The van der Waals surface area contributed by atoms with Crippen LogP contribution in [0.2, 0.25) is 0 Å². The Hall–Kier alpha value is -3.32. The van der Waals surface area contributed by atoms with E-state index < -0.39 is 6.04 Å². The van der Waals surface area contributed by atoms with E-state index in [0.717, 1.165) is 28.1 Å². The number of carbonyl (C=O) groups is 1. The molecule has 35 heavy (non-hydrogen) atoms. The average molecular weight is 488 g/mol. The van der Waals surface area contributed by atoms with Gasteiger partial charge in [0.1, 0.15) is 10.6 Å². The third-order valence-corrected chi connectivity index (χ3v) is 7.60. The monoisotopic (exact) mass is 487 g/mol. The van der Waals surface area contributed by atoms with Gasteiger partial charge in [0.25, 0.3) is 5.91 Å². The van der Waals surface area contributed by atoms with Crippen LogP contribution in [0.15, 0.2) is 45.6 Å². The molecule has 180 valence electrons. The maximum absolute atomic E-state index is 13.8. The molecule has 0 aliphatic carbocycles. The molecule has 0 N–H and O–H groups in total. The maximum atomic E-state index is 13.8. The second-order valence-electron chi connectivity index (χ2n) is 10.1. The molecule has 0 fully saturated rings. The number of carbonyl (C=O) groups excluding carboxylic acids is 1. The molecule has 7 heteroatoms. The summed E-state index contributed by atoms with van der Waals surface area (Å²) in [6.07, 6.45) is 0.778. The SMILES string of the molecule is Cc1cc2oc3c(c(=O)c2cc1C)[C@@H](c1ccc(C(C)C)cc1)N(c1nnc(CC(C)C)s1)C3=O. The zero-order valence-corrected chi connectivity index (χ0v) is 21.7. The van der Waals surface area contributed by atoms with Gasteiger partial charge in [-0.05, 0) is 60.1 Å². The van der Waals surface area contributed by atoms with Gasteiger partial charge < -0.3 is 4.42 Å². The van der Waals surface area contributed by atoms with Gasteiger partial charge in [0.15, 0.2) is 5.43 Å². The number of rotatable bonds is 5. The molecule has 0 bridgehead atoms. The lowest BCUT2D eigenvalue weighted by atomic mass is 9.95. The fourth-order valence-corrected chi connectivity index (χ4v) is 5.66. The van der Waals surface area contributed by atoms with Crippen molar-refractivity contribution in [2.45, 2.75) is 59.9 Å². The molecule has 5 rings (SSSR count). The molecule has 0 saturated carbocycles. The molecular formula is C28H29N3O3S. The topological polar surface area (TPSA) is 76.3 Å². The van der Waals surface area contributed by atoms with Crippen molar-refractivity contribution < 1.29 is 9.21 Å². The van der Waals surface area contributed by atoms with E-state index in [-0.39, 0.29) is 17.1 Å². The minimum atomic E-state index is -0.624. The lowest BCUT2D eigenvalue weighted by Gasteiger charge is -2.22. The van der Waals surface area contributed by atoms with Crippen LogP contribution in [-0.2, 0) is 6.42 Å². The van der Waals surface area contributed by atoms with Crippen LogP contribution in [0.1, 0.15) is 83.0 Å². The molecule has 6 nitrogen and oxygen atoms in total. The quantitative estimate of drug-likeness (QED) is 0.329. The molecule has 1 atom stereocenters. The highest BCUT2D eigenvalue weighted by molar-refractivity contribution is 7.15. The molecule has 1 aliphatic rings. The molecule has 2 aromatic heterocycles. The van der Waals surface area contributed by atoms with Crippen LogP contribution in [0, 0.1) is 19.8 Å². The van der Waals surface area contributed by atoms with E-state index in [0.29, 0.717) is 33.5 Å². The highest BCUT2D eigenvalue weighted by Gasteiger charge is 2.45. The first-order valence-electron chi connectivity index (χ1n) is 12.0. The van der Waals surface area contributed by atoms with Crippen molar-refractivity contribution in [1.82, 2.24) is 10.2 Å². The Balaban J connectivity index is 1.73. The first kappa shape index (κ1) is 23.4. The van der Waals surface area contributed by atoms with E-state index in [4.69, 9.17) is 4.42 Å². The Morgan fingerprint density at radius 2 is 1.69 bits per heavy atom. The Labute approximate surface area is 208 Å². The average Bonchev–Trinajstić information content (AvgIpc) is 3.37. The molecule has 0 spiro atoms. The Morgan fingerprint density at radius 1 is 1.00 bits per heavy atom. The van der Waals surface area contributed by atoms with E-state index >= 15 is 0 Å². The Morgan fingerprint density at radius 3 is 2.34 bits per heavy atom. The molecule has 3 heterocycles. The highest BCUT2D eigenvalue weighted by Crippen LogP contribution is 2.42. The zero-order valence-electron chi connectivity index (χ0n) is 20.9. The van der Waals surface area contributed by atoms with Gasteiger partial charge in [0.05, 0.1) is 17.0 Å². The van der Waals surface area contributed by atoms with Gasteiger partial charge in [-0.3, -0.25) is 14.5 Å². The number of hydrogen-bond donors (Lipinski definition) is 0. The molecule has 2 aromatic carbocycles. The Bertz CT molecular complexity index is 1500. The standard InChI is InChI=1S/C28H29N3O3S/c1-14(2)11-22-29-30-28(35-22)31-24(19-9-7-18(8-10-19)15(3)4)23-25(32)20-12-16(5)17(6)13-21(20)34-26(23)27(31)33/h7-10,12-15,24H,11H2,1-6H3/t24-/m1/s1. The van der Waals surface area contributed by atoms with Crippen LogP contribution in [-0.4, -0.2) is 16.1 Å². The minimum Gasteiger partial charge on any atom is -0.450 e. The predicted octanol–water partition coefficient (Wildman–Crippen LogP) is 6.33. The predicted molar refractivity (Wildman–Crippen MR) is 140 cm³/mol.